The number of aromatic nitrogens is 1. The van der Waals surface area contributed by atoms with E-state index in [0.29, 0.717) is 19.1 Å². The molecular formula is C32H52F3NO9SSi. The third-order valence-corrected chi connectivity index (χ3v) is 15.7. The van der Waals surface area contributed by atoms with Crippen LogP contribution in [0.1, 0.15) is 73.6 Å². The second-order valence-corrected chi connectivity index (χ2v) is 19.7. The van der Waals surface area contributed by atoms with Gasteiger partial charge in [0.15, 0.2) is 12.1 Å². The zero-order valence-corrected chi connectivity index (χ0v) is 30.9. The van der Waals surface area contributed by atoms with Crippen molar-refractivity contribution in [2.75, 3.05) is 21.3 Å². The Morgan fingerprint density at radius 3 is 2.26 bits per heavy atom. The van der Waals surface area contributed by atoms with Gasteiger partial charge < -0.3 is 32.0 Å². The quantitative estimate of drug-likeness (QED) is 0.0495. The fourth-order valence-electron chi connectivity index (χ4n) is 6.42. The molecular weight excluding hydrogens is 659 g/mol. The summed E-state index contributed by atoms with van der Waals surface area (Å²) in [5.41, 5.74) is -3.89. The highest BCUT2D eigenvalue weighted by Crippen LogP contribution is 2.45. The van der Waals surface area contributed by atoms with Gasteiger partial charge in [0.1, 0.15) is 0 Å². The Labute approximate surface area is 278 Å². The number of hydrogen-bond acceptors (Lipinski definition) is 10. The van der Waals surface area contributed by atoms with Crippen molar-refractivity contribution in [2.24, 2.45) is 0 Å². The van der Waals surface area contributed by atoms with Crippen molar-refractivity contribution in [2.45, 2.75) is 126 Å². The van der Waals surface area contributed by atoms with E-state index in [2.05, 4.69) is 57.3 Å². The molecule has 0 unspecified atom stereocenters. The van der Waals surface area contributed by atoms with Crippen LogP contribution in [0.4, 0.5) is 13.2 Å². The first-order valence-corrected chi connectivity index (χ1v) is 19.2. The maximum absolute atomic E-state index is 12.9. The number of rotatable bonds is 18. The number of hydrogen-bond donors (Lipinski definition) is 0. The smallest absolute Gasteiger partial charge is 0.445 e. The topological polar surface area (TPSA) is 116 Å². The Hall–Kier alpha value is -2.01. The molecule has 270 valence electrons. The first-order valence-electron chi connectivity index (χ1n) is 15.7. The van der Waals surface area contributed by atoms with Gasteiger partial charge in [-0.05, 0) is 30.0 Å². The summed E-state index contributed by atoms with van der Waals surface area (Å²) < 4.78 is 102. The van der Waals surface area contributed by atoms with Crippen LogP contribution in [0, 0.1) is 0 Å². The SMILES string of the molecule is C=CC[C@H](/C=C/C(C)=C/[C@H](O[Si](C(C)C)(C(C)C)C(C)C)[C@H]1C[C@@H](OC)C[C@](Cc2nc(OS(=O)(=O)C(F)(F)F)co2)(OC)O1)OC. The third-order valence-electron chi connectivity index (χ3n) is 8.65. The van der Waals surface area contributed by atoms with E-state index in [4.69, 9.17) is 27.8 Å². The molecule has 15 heteroatoms. The van der Waals surface area contributed by atoms with E-state index in [0.717, 1.165) is 5.57 Å². The first kappa shape index (κ1) is 41.2. The van der Waals surface area contributed by atoms with Crippen LogP contribution in [-0.2, 0) is 39.9 Å². The van der Waals surface area contributed by atoms with Crippen molar-refractivity contribution in [1.82, 2.24) is 4.98 Å². The minimum Gasteiger partial charge on any atom is -0.445 e. The van der Waals surface area contributed by atoms with Gasteiger partial charge in [0, 0.05) is 34.2 Å². The van der Waals surface area contributed by atoms with Crippen molar-refractivity contribution in [1.29, 1.82) is 0 Å². The van der Waals surface area contributed by atoms with Gasteiger partial charge in [-0.1, -0.05) is 71.4 Å². The van der Waals surface area contributed by atoms with Crippen LogP contribution in [0.5, 0.6) is 5.88 Å². The Morgan fingerprint density at radius 2 is 1.77 bits per heavy atom. The van der Waals surface area contributed by atoms with E-state index >= 15 is 0 Å². The van der Waals surface area contributed by atoms with E-state index in [1.807, 2.05) is 25.2 Å². The summed E-state index contributed by atoms with van der Waals surface area (Å²) in [7, 11) is -3.75. The van der Waals surface area contributed by atoms with Gasteiger partial charge >= 0.3 is 15.6 Å². The molecule has 0 bridgehead atoms. The maximum atomic E-state index is 12.9. The third kappa shape index (κ3) is 10.5. The minimum atomic E-state index is -5.93. The molecule has 2 heterocycles. The molecule has 1 aliphatic heterocycles. The van der Waals surface area contributed by atoms with Crippen molar-refractivity contribution in [3.63, 3.8) is 0 Å². The lowest BCUT2D eigenvalue weighted by atomic mass is 9.92. The van der Waals surface area contributed by atoms with Crippen LogP contribution in [0.15, 0.2) is 47.1 Å². The van der Waals surface area contributed by atoms with Gasteiger partial charge in [0.2, 0.25) is 14.2 Å². The van der Waals surface area contributed by atoms with Gasteiger partial charge in [-0.25, -0.2) is 0 Å². The normalized spacial score (nSPS) is 23.2. The second kappa shape index (κ2) is 17.1. The first-order chi connectivity index (χ1) is 21.8. The van der Waals surface area contributed by atoms with Crippen LogP contribution in [0.2, 0.25) is 16.6 Å². The highest BCUT2D eigenvalue weighted by atomic mass is 32.2. The summed E-state index contributed by atoms with van der Waals surface area (Å²) in [6, 6.07) is 0. The minimum absolute atomic E-state index is 0.142. The highest BCUT2D eigenvalue weighted by Gasteiger charge is 2.52. The van der Waals surface area contributed by atoms with Crippen LogP contribution >= 0.6 is 0 Å². The van der Waals surface area contributed by atoms with E-state index in [-0.39, 0.29) is 47.6 Å². The summed E-state index contributed by atoms with van der Waals surface area (Å²) in [4.78, 5) is 3.82. The Bertz CT molecular complexity index is 1290. The molecule has 0 spiro atoms. The number of oxazole rings is 1. The number of methoxy groups -OCH3 is 3. The molecule has 1 aromatic rings. The number of halogens is 3. The van der Waals surface area contributed by atoms with Crippen molar-refractivity contribution in [3.05, 3.63) is 48.6 Å². The van der Waals surface area contributed by atoms with E-state index in [1.54, 1.807) is 20.3 Å². The lowest BCUT2D eigenvalue weighted by Gasteiger charge is -2.49. The van der Waals surface area contributed by atoms with Crippen molar-refractivity contribution >= 4 is 18.4 Å². The molecule has 0 radical (unpaired) electrons. The summed E-state index contributed by atoms with van der Waals surface area (Å²) in [6.45, 7) is 18.9. The van der Waals surface area contributed by atoms with E-state index in [9.17, 15) is 21.6 Å². The van der Waals surface area contributed by atoms with Gasteiger partial charge in [-0.2, -0.15) is 26.6 Å². The Kier molecular flexibility index (Phi) is 15.0. The van der Waals surface area contributed by atoms with Gasteiger partial charge in [0.25, 0.3) is 5.88 Å². The van der Waals surface area contributed by atoms with Gasteiger partial charge in [0.05, 0.1) is 30.8 Å². The lowest BCUT2D eigenvalue weighted by Crippen LogP contribution is -2.57. The summed E-state index contributed by atoms with van der Waals surface area (Å²) in [6.07, 6.45) is 7.99. The van der Waals surface area contributed by atoms with Crippen LogP contribution < -0.4 is 4.18 Å². The largest absolute Gasteiger partial charge is 0.534 e. The molecule has 1 aromatic heterocycles. The lowest BCUT2D eigenvalue weighted by molar-refractivity contribution is -0.297. The van der Waals surface area contributed by atoms with Crippen molar-refractivity contribution < 1.29 is 53.6 Å². The van der Waals surface area contributed by atoms with Crippen LogP contribution in [-0.4, -0.2) is 78.8 Å². The van der Waals surface area contributed by atoms with Crippen LogP contribution in [0.3, 0.4) is 0 Å². The fraction of sp³-hybridized carbons (Fsp3) is 0.719. The summed E-state index contributed by atoms with van der Waals surface area (Å²) in [5, 5.41) is 0. The van der Waals surface area contributed by atoms with Gasteiger partial charge in [-0.15, -0.1) is 6.58 Å². The second-order valence-electron chi connectivity index (χ2n) is 12.8. The molecule has 1 fully saturated rings. The number of ether oxygens (including phenoxy) is 4. The molecule has 47 heavy (non-hydrogen) atoms. The molecule has 1 saturated heterocycles. The molecule has 5 atom stereocenters. The highest BCUT2D eigenvalue weighted by molar-refractivity contribution is 7.87. The Balaban J connectivity index is 2.57. The average molecular weight is 712 g/mol. The number of alkyl halides is 3. The zero-order chi connectivity index (χ0) is 35.8. The predicted octanol–water partition coefficient (Wildman–Crippen LogP) is 7.64. The van der Waals surface area contributed by atoms with E-state index < -0.39 is 47.8 Å². The molecule has 0 N–H and O–H groups in total. The monoisotopic (exact) mass is 711 g/mol. The Morgan fingerprint density at radius 1 is 1.15 bits per heavy atom. The number of allylic oxidation sites excluding steroid dienone is 2. The van der Waals surface area contributed by atoms with Gasteiger partial charge in [-0.3, -0.25) is 0 Å². The van der Waals surface area contributed by atoms with Crippen molar-refractivity contribution in [3.8, 4) is 5.88 Å². The fourth-order valence-corrected chi connectivity index (χ4v) is 12.3. The summed E-state index contributed by atoms with van der Waals surface area (Å²) in [5.74, 6) is -2.42. The standard InChI is InChI=1S/C32H52F3NO9SSi/c1-12-13-25(39-9)15-14-24(8)16-28(45-47(21(2)3,22(4)5)23(6)7)27-17-26(40-10)18-31(41-11,43-27)19-29-36-30(20-42-29)44-46(37,38)32(33,34)35/h12,14-16,20-23,25-28H,1,13,17-19H2,2-11H3/b15-14+,24-16+/t25-,26-,27-,28+,31+/m1/s1. The molecule has 10 nitrogen and oxygen atoms in total. The average Bonchev–Trinajstić information content (AvgIpc) is 3.41. The molecule has 2 rings (SSSR count). The molecule has 0 saturated carbocycles. The maximum Gasteiger partial charge on any atom is 0.534 e. The molecule has 0 aliphatic carbocycles. The van der Waals surface area contributed by atoms with Crippen LogP contribution in [0.25, 0.3) is 0 Å². The number of nitrogens with zero attached hydrogens (tertiary/aromatic N) is 1. The summed E-state index contributed by atoms with van der Waals surface area (Å²) >= 11 is 0. The zero-order valence-electron chi connectivity index (χ0n) is 29.1. The molecule has 0 amide bonds. The predicted molar refractivity (Wildman–Crippen MR) is 175 cm³/mol. The molecule has 0 aromatic carbocycles. The van der Waals surface area contributed by atoms with E-state index in [1.165, 1.54) is 7.11 Å². The molecule has 1 aliphatic rings.